The zero-order valence-corrected chi connectivity index (χ0v) is 24.8. The summed E-state index contributed by atoms with van der Waals surface area (Å²) < 4.78 is 9.15. The van der Waals surface area contributed by atoms with Crippen LogP contribution < -0.4 is 21.3 Å². The molecule has 7 aromatic carbocycles. The van der Waals surface area contributed by atoms with E-state index in [2.05, 4.69) is 161 Å². The Labute approximate surface area is 265 Å². The second-order valence-electron chi connectivity index (χ2n) is 12.5. The summed E-state index contributed by atoms with van der Waals surface area (Å²) in [6.07, 6.45) is 0. The number of para-hydroxylation sites is 3. The second-order valence-corrected chi connectivity index (χ2v) is 12.5. The van der Waals surface area contributed by atoms with Gasteiger partial charge in [0.05, 0.1) is 11.0 Å². The van der Waals surface area contributed by atoms with Crippen LogP contribution in [0.5, 0.6) is 0 Å². The first-order valence-electron chi connectivity index (χ1n) is 15.9. The minimum atomic E-state index is 0.0416. The smallest absolute Gasteiger partial charge is 0.253 e. The monoisotopic (exact) mass is 584 g/mol. The zero-order chi connectivity index (χ0) is 29.9. The van der Waals surface area contributed by atoms with E-state index >= 15 is 0 Å². The Balaban J connectivity index is 1.30. The number of anilines is 3. The maximum atomic E-state index is 6.63. The predicted octanol–water partition coefficient (Wildman–Crippen LogP) is 8.96. The number of fused-ring (bicyclic) bond motifs is 11. The van der Waals surface area contributed by atoms with Crippen molar-refractivity contribution in [3.8, 4) is 16.8 Å². The van der Waals surface area contributed by atoms with Gasteiger partial charge in [-0.2, -0.15) is 0 Å². The topological polar surface area (TPSA) is 21.3 Å². The van der Waals surface area contributed by atoms with E-state index in [0.29, 0.717) is 0 Å². The van der Waals surface area contributed by atoms with Crippen molar-refractivity contribution < 1.29 is 4.42 Å². The van der Waals surface area contributed by atoms with Crippen molar-refractivity contribution in [2.75, 3.05) is 4.90 Å². The Morgan fingerprint density at radius 1 is 0.478 bits per heavy atom. The molecule has 0 radical (unpaired) electrons. The van der Waals surface area contributed by atoms with Gasteiger partial charge in [-0.25, -0.2) is 0 Å². The third-order valence-electron chi connectivity index (χ3n) is 10.2. The highest BCUT2D eigenvalue weighted by Gasteiger charge is 2.43. The summed E-state index contributed by atoms with van der Waals surface area (Å²) in [7, 11) is 0. The molecule has 0 fully saturated rings. The van der Waals surface area contributed by atoms with E-state index in [1.165, 1.54) is 77.2 Å². The maximum absolute atomic E-state index is 6.63. The van der Waals surface area contributed by atoms with Crippen LogP contribution in [0, 0.1) is 0 Å². The van der Waals surface area contributed by atoms with E-state index in [9.17, 15) is 0 Å². The fourth-order valence-corrected chi connectivity index (χ4v) is 8.38. The molecule has 3 nitrogen and oxygen atoms in total. The number of hydrogen-bond acceptors (Lipinski definition) is 2. The highest BCUT2D eigenvalue weighted by molar-refractivity contribution is 7.02. The Kier molecular flexibility index (Phi) is 4.66. The van der Waals surface area contributed by atoms with E-state index in [4.69, 9.17) is 4.42 Å². The van der Waals surface area contributed by atoms with E-state index in [0.717, 1.165) is 16.9 Å². The molecule has 0 spiro atoms. The minimum absolute atomic E-state index is 0.0416. The van der Waals surface area contributed by atoms with Crippen molar-refractivity contribution in [1.82, 2.24) is 4.57 Å². The fraction of sp³-hybridized carbons (Fsp3) is 0. The van der Waals surface area contributed by atoms with Gasteiger partial charge in [-0.05, 0) is 76.0 Å². The summed E-state index contributed by atoms with van der Waals surface area (Å²) in [5.41, 5.74) is 15.6. The van der Waals surface area contributed by atoms with Crippen molar-refractivity contribution in [1.29, 1.82) is 0 Å². The fourth-order valence-electron chi connectivity index (χ4n) is 8.38. The number of furan rings is 1. The number of nitrogens with zero attached hydrogens (tertiary/aromatic N) is 2. The largest absolute Gasteiger partial charge is 0.456 e. The molecule has 0 N–H and O–H groups in total. The minimum Gasteiger partial charge on any atom is -0.456 e. The molecule has 212 valence electrons. The third kappa shape index (κ3) is 3.03. The molecule has 2 aliphatic heterocycles. The average Bonchev–Trinajstić information content (AvgIpc) is 3.66. The molecular formula is C42H25BN2O. The van der Waals surface area contributed by atoms with E-state index in [-0.39, 0.29) is 6.71 Å². The van der Waals surface area contributed by atoms with Crippen LogP contribution >= 0.6 is 0 Å². The number of rotatable bonds is 2. The third-order valence-corrected chi connectivity index (χ3v) is 10.2. The first kappa shape index (κ1) is 24.3. The van der Waals surface area contributed by atoms with E-state index in [1.54, 1.807) is 0 Å². The van der Waals surface area contributed by atoms with Crippen molar-refractivity contribution in [3.05, 3.63) is 152 Å². The van der Waals surface area contributed by atoms with Crippen LogP contribution in [0.4, 0.5) is 17.1 Å². The molecule has 0 saturated heterocycles. The highest BCUT2D eigenvalue weighted by Crippen LogP contribution is 2.44. The molecule has 2 aromatic heterocycles. The molecule has 46 heavy (non-hydrogen) atoms. The Hall–Kier alpha value is -6.00. The Morgan fingerprint density at radius 3 is 2.13 bits per heavy atom. The van der Waals surface area contributed by atoms with E-state index in [1.807, 2.05) is 0 Å². The van der Waals surface area contributed by atoms with Gasteiger partial charge in [-0.3, -0.25) is 0 Å². The SMILES string of the molecule is c1ccc(-c2cccc(N3c4ccccc4B4c5c3cccc5-n3c5ccccc5c5cc6oc7ccccc7c6c4c53)c2)cc1. The second kappa shape index (κ2) is 8.80. The molecule has 0 aliphatic carbocycles. The van der Waals surface area contributed by atoms with Crippen LogP contribution in [0.25, 0.3) is 60.6 Å². The van der Waals surface area contributed by atoms with Gasteiger partial charge in [0, 0.05) is 44.3 Å². The molecular weight excluding hydrogens is 559 g/mol. The number of aromatic nitrogens is 1. The van der Waals surface area contributed by atoms with Gasteiger partial charge in [0.2, 0.25) is 0 Å². The first-order valence-corrected chi connectivity index (χ1v) is 15.9. The van der Waals surface area contributed by atoms with Gasteiger partial charge in [0.1, 0.15) is 11.2 Å². The lowest BCUT2D eigenvalue weighted by atomic mass is 9.33. The Morgan fingerprint density at radius 2 is 1.20 bits per heavy atom. The van der Waals surface area contributed by atoms with E-state index < -0.39 is 0 Å². The van der Waals surface area contributed by atoms with Crippen LogP contribution in [-0.4, -0.2) is 11.3 Å². The van der Waals surface area contributed by atoms with Crippen LogP contribution in [-0.2, 0) is 0 Å². The molecule has 0 amide bonds. The highest BCUT2D eigenvalue weighted by atomic mass is 16.3. The van der Waals surface area contributed by atoms with Crippen LogP contribution in [0.15, 0.2) is 156 Å². The zero-order valence-electron chi connectivity index (χ0n) is 24.8. The lowest BCUT2D eigenvalue weighted by Gasteiger charge is -2.40. The number of hydrogen-bond donors (Lipinski definition) is 0. The quantitative estimate of drug-likeness (QED) is 0.189. The predicted molar refractivity (Wildman–Crippen MR) is 193 cm³/mol. The van der Waals surface area contributed by atoms with Crippen molar-refractivity contribution in [2.24, 2.45) is 0 Å². The van der Waals surface area contributed by atoms with Gasteiger partial charge in [-0.1, -0.05) is 103 Å². The van der Waals surface area contributed by atoms with Gasteiger partial charge >= 0.3 is 0 Å². The summed E-state index contributed by atoms with van der Waals surface area (Å²) in [6.45, 7) is 0.0416. The summed E-state index contributed by atoms with van der Waals surface area (Å²) in [5, 5.41) is 4.87. The van der Waals surface area contributed by atoms with Crippen molar-refractivity contribution in [2.45, 2.75) is 0 Å². The molecule has 0 unspecified atom stereocenters. The molecule has 0 bridgehead atoms. The molecule has 2 aliphatic rings. The normalized spacial score (nSPS) is 13.1. The van der Waals surface area contributed by atoms with Gasteiger partial charge in [-0.15, -0.1) is 0 Å². The summed E-state index contributed by atoms with van der Waals surface area (Å²) in [5.74, 6) is 0. The maximum Gasteiger partial charge on any atom is 0.253 e. The van der Waals surface area contributed by atoms with Gasteiger partial charge in [0.25, 0.3) is 6.71 Å². The standard InChI is InChI=1S/C42H25BN2O/c1-2-12-26(13-3-1)27-14-10-15-28(24-27)44-34-20-8-6-18-32(34)43-40-35(44)21-11-22-36(40)45-33-19-7-4-16-29(33)31-25-38-39(41(43)42(31)45)30-17-5-9-23-37(30)46-38/h1-25H. The van der Waals surface area contributed by atoms with Gasteiger partial charge in [0.15, 0.2) is 0 Å². The first-order chi connectivity index (χ1) is 22.8. The molecule has 0 atom stereocenters. The number of benzene rings is 7. The lowest BCUT2D eigenvalue weighted by Crippen LogP contribution is -2.60. The molecule has 4 heterocycles. The molecule has 0 saturated carbocycles. The van der Waals surface area contributed by atoms with Gasteiger partial charge < -0.3 is 13.9 Å². The Bertz CT molecular complexity index is 2720. The lowest BCUT2D eigenvalue weighted by molar-refractivity contribution is 0.669. The summed E-state index contributed by atoms with van der Waals surface area (Å²) in [4.78, 5) is 2.47. The van der Waals surface area contributed by atoms with Crippen molar-refractivity contribution in [3.63, 3.8) is 0 Å². The van der Waals surface area contributed by atoms with Crippen LogP contribution in [0.3, 0.4) is 0 Å². The molecule has 9 aromatic rings. The van der Waals surface area contributed by atoms with Crippen LogP contribution in [0.1, 0.15) is 0 Å². The van der Waals surface area contributed by atoms with Crippen molar-refractivity contribution >= 4 is 83.9 Å². The summed E-state index contributed by atoms with van der Waals surface area (Å²) in [6, 6.07) is 55.0. The average molecular weight is 584 g/mol. The molecule has 11 rings (SSSR count). The summed E-state index contributed by atoms with van der Waals surface area (Å²) >= 11 is 0. The van der Waals surface area contributed by atoms with Crippen LogP contribution in [0.2, 0.25) is 0 Å². The molecule has 4 heteroatoms.